The maximum Gasteiger partial charge on any atom is 0.250 e. The van der Waals surface area contributed by atoms with Gasteiger partial charge >= 0.3 is 0 Å². The average molecular weight is 408 g/mol. The summed E-state index contributed by atoms with van der Waals surface area (Å²) in [6.07, 6.45) is 1.70. The van der Waals surface area contributed by atoms with Crippen LogP contribution < -0.4 is 10.2 Å². The van der Waals surface area contributed by atoms with Crippen molar-refractivity contribution in [2.45, 2.75) is 24.4 Å². The van der Waals surface area contributed by atoms with Gasteiger partial charge in [0.1, 0.15) is 5.54 Å². The van der Waals surface area contributed by atoms with Crippen molar-refractivity contribution in [1.29, 1.82) is 0 Å². The minimum absolute atomic E-state index is 0.124. The van der Waals surface area contributed by atoms with E-state index in [9.17, 15) is 14.4 Å². The van der Waals surface area contributed by atoms with E-state index in [2.05, 4.69) is 10.2 Å². The van der Waals surface area contributed by atoms with Gasteiger partial charge < -0.3 is 5.32 Å². The molecule has 2 aromatic rings. The van der Waals surface area contributed by atoms with E-state index >= 15 is 0 Å². The van der Waals surface area contributed by atoms with E-state index in [1.165, 1.54) is 4.90 Å². The van der Waals surface area contributed by atoms with Crippen LogP contribution in [0.15, 0.2) is 48.5 Å². The molecule has 6 rings (SSSR count). The monoisotopic (exact) mass is 407 g/mol. The standard InChI is InChI=1S/C22H18ClN3O3/c23-13-7-2-4-9-15(13)26-19(27)17-16-10-5-11-25(16)22(18(17)20(26)28)12-6-1-3-8-14(12)24-21(22)29/h1-4,6-9,16-18H,5,10-11H2,(H,24,29)/t16-,17+,18-,22-/m0/s1. The minimum atomic E-state index is -1.13. The number of hydrogen-bond acceptors (Lipinski definition) is 4. The molecule has 29 heavy (non-hydrogen) atoms. The Balaban J connectivity index is 1.58. The number of carbonyl (C=O) groups excluding carboxylic acids is 3. The predicted molar refractivity (Wildman–Crippen MR) is 107 cm³/mol. The normalized spacial score (nSPS) is 32.7. The summed E-state index contributed by atoms with van der Waals surface area (Å²) in [6, 6.07) is 14.2. The molecule has 3 amide bonds. The largest absolute Gasteiger partial charge is 0.324 e. The zero-order valence-electron chi connectivity index (χ0n) is 15.5. The van der Waals surface area contributed by atoms with Gasteiger partial charge in [0.25, 0.3) is 0 Å². The highest BCUT2D eigenvalue weighted by Gasteiger charge is 2.74. The lowest BCUT2D eigenvalue weighted by atomic mass is 9.75. The second-order valence-electron chi connectivity index (χ2n) is 8.14. The Bertz CT molecular complexity index is 1100. The average Bonchev–Trinajstić information content (AvgIpc) is 3.41. The van der Waals surface area contributed by atoms with E-state index < -0.39 is 17.4 Å². The van der Waals surface area contributed by atoms with Crippen LogP contribution in [0.25, 0.3) is 0 Å². The van der Waals surface area contributed by atoms with Crippen molar-refractivity contribution >= 4 is 40.7 Å². The van der Waals surface area contributed by atoms with Gasteiger partial charge in [-0.05, 0) is 37.6 Å². The summed E-state index contributed by atoms with van der Waals surface area (Å²) >= 11 is 6.33. The van der Waals surface area contributed by atoms with E-state index in [-0.39, 0.29) is 23.8 Å². The fourth-order valence-electron chi connectivity index (χ4n) is 6.03. The number of rotatable bonds is 1. The third kappa shape index (κ3) is 1.89. The Morgan fingerprint density at radius 1 is 1.00 bits per heavy atom. The van der Waals surface area contributed by atoms with Crippen LogP contribution in [0.3, 0.4) is 0 Å². The van der Waals surface area contributed by atoms with Crippen LogP contribution >= 0.6 is 11.6 Å². The molecule has 4 atom stereocenters. The van der Waals surface area contributed by atoms with Gasteiger partial charge in [-0.15, -0.1) is 0 Å². The van der Waals surface area contributed by atoms with Gasteiger partial charge in [-0.1, -0.05) is 41.9 Å². The highest BCUT2D eigenvalue weighted by atomic mass is 35.5. The number of benzene rings is 2. The van der Waals surface area contributed by atoms with E-state index in [4.69, 9.17) is 11.6 Å². The zero-order chi connectivity index (χ0) is 19.9. The van der Waals surface area contributed by atoms with Crippen molar-refractivity contribution in [3.63, 3.8) is 0 Å². The van der Waals surface area contributed by atoms with E-state index in [1.807, 2.05) is 24.3 Å². The SMILES string of the molecule is O=C1[C@H]2[C@@H](C(=O)N1c1ccccc1Cl)[C@@]1(C(=O)Nc3ccccc31)N1CCC[C@@H]21. The third-order valence-electron chi connectivity index (χ3n) is 6.99. The molecule has 2 aromatic carbocycles. The summed E-state index contributed by atoms with van der Waals surface area (Å²) in [5.41, 5.74) is 0.780. The molecule has 0 bridgehead atoms. The Hall–Kier alpha value is -2.70. The summed E-state index contributed by atoms with van der Waals surface area (Å²) in [4.78, 5) is 44.0. The van der Waals surface area contributed by atoms with Crippen molar-refractivity contribution < 1.29 is 14.4 Å². The van der Waals surface area contributed by atoms with E-state index in [0.29, 0.717) is 17.3 Å². The number of anilines is 2. The fourth-order valence-corrected chi connectivity index (χ4v) is 6.25. The first kappa shape index (κ1) is 17.2. The van der Waals surface area contributed by atoms with Crippen LogP contribution in [0, 0.1) is 11.8 Å². The molecule has 7 heteroatoms. The van der Waals surface area contributed by atoms with Gasteiger partial charge in [0, 0.05) is 17.3 Å². The molecular formula is C22H18ClN3O3. The van der Waals surface area contributed by atoms with Gasteiger partial charge in [0.15, 0.2) is 0 Å². The van der Waals surface area contributed by atoms with Crippen molar-refractivity contribution in [3.8, 4) is 0 Å². The first-order valence-corrected chi connectivity index (χ1v) is 10.2. The number of nitrogens with zero attached hydrogens (tertiary/aromatic N) is 2. The summed E-state index contributed by atoms with van der Waals surface area (Å²) in [5.74, 6) is -2.09. The summed E-state index contributed by atoms with van der Waals surface area (Å²) < 4.78 is 0. The molecule has 3 fully saturated rings. The second kappa shape index (κ2) is 5.68. The number of nitrogens with one attached hydrogen (secondary N) is 1. The summed E-state index contributed by atoms with van der Waals surface area (Å²) in [5, 5.41) is 3.32. The molecule has 0 aromatic heterocycles. The topological polar surface area (TPSA) is 69.7 Å². The quantitative estimate of drug-likeness (QED) is 0.738. The van der Waals surface area contributed by atoms with Crippen LogP contribution in [0.4, 0.5) is 11.4 Å². The van der Waals surface area contributed by atoms with Crippen LogP contribution in [-0.4, -0.2) is 35.2 Å². The van der Waals surface area contributed by atoms with Gasteiger partial charge in [-0.25, -0.2) is 4.90 Å². The third-order valence-corrected chi connectivity index (χ3v) is 7.31. The van der Waals surface area contributed by atoms with E-state index in [1.54, 1.807) is 24.3 Å². The second-order valence-corrected chi connectivity index (χ2v) is 8.54. The minimum Gasteiger partial charge on any atom is -0.324 e. The number of amides is 3. The Labute approximate surface area is 172 Å². The zero-order valence-corrected chi connectivity index (χ0v) is 16.2. The van der Waals surface area contributed by atoms with Crippen LogP contribution in [0.2, 0.25) is 5.02 Å². The first-order chi connectivity index (χ1) is 14.1. The van der Waals surface area contributed by atoms with Crippen molar-refractivity contribution in [3.05, 3.63) is 59.1 Å². The fraction of sp³-hybridized carbons (Fsp3) is 0.318. The van der Waals surface area contributed by atoms with Crippen molar-refractivity contribution in [2.75, 3.05) is 16.8 Å². The molecule has 146 valence electrons. The molecule has 0 aliphatic carbocycles. The highest BCUT2D eigenvalue weighted by Crippen LogP contribution is 2.60. The lowest BCUT2D eigenvalue weighted by Crippen LogP contribution is -2.54. The van der Waals surface area contributed by atoms with Crippen molar-refractivity contribution in [2.24, 2.45) is 11.8 Å². The predicted octanol–water partition coefficient (Wildman–Crippen LogP) is 2.77. The van der Waals surface area contributed by atoms with E-state index in [0.717, 1.165) is 24.1 Å². The van der Waals surface area contributed by atoms with Crippen LogP contribution in [0.5, 0.6) is 0 Å². The Morgan fingerprint density at radius 2 is 1.76 bits per heavy atom. The van der Waals surface area contributed by atoms with Gasteiger partial charge in [0.05, 0.1) is 22.5 Å². The molecule has 4 heterocycles. The maximum absolute atomic E-state index is 13.7. The number of carbonyl (C=O) groups is 3. The molecule has 6 nitrogen and oxygen atoms in total. The first-order valence-electron chi connectivity index (χ1n) is 9.87. The highest BCUT2D eigenvalue weighted by molar-refractivity contribution is 6.36. The Morgan fingerprint density at radius 3 is 2.59 bits per heavy atom. The lowest BCUT2D eigenvalue weighted by Gasteiger charge is -2.36. The van der Waals surface area contributed by atoms with Crippen LogP contribution in [0.1, 0.15) is 18.4 Å². The molecule has 3 saturated heterocycles. The molecular weight excluding hydrogens is 390 g/mol. The molecule has 0 unspecified atom stereocenters. The molecule has 4 aliphatic rings. The molecule has 1 spiro atoms. The van der Waals surface area contributed by atoms with Crippen molar-refractivity contribution in [1.82, 2.24) is 4.90 Å². The molecule has 0 radical (unpaired) electrons. The number of imide groups is 1. The maximum atomic E-state index is 13.7. The number of fused-ring (bicyclic) bond motifs is 7. The Kier molecular flexibility index (Phi) is 3.36. The summed E-state index contributed by atoms with van der Waals surface area (Å²) in [6.45, 7) is 0.700. The summed E-state index contributed by atoms with van der Waals surface area (Å²) in [7, 11) is 0. The number of para-hydroxylation sites is 2. The van der Waals surface area contributed by atoms with Crippen LogP contribution in [-0.2, 0) is 19.9 Å². The molecule has 4 aliphatic heterocycles. The smallest absolute Gasteiger partial charge is 0.250 e. The van der Waals surface area contributed by atoms with Gasteiger partial charge in [-0.2, -0.15) is 0 Å². The lowest BCUT2D eigenvalue weighted by molar-refractivity contribution is -0.135. The van der Waals surface area contributed by atoms with Gasteiger partial charge in [0.2, 0.25) is 17.7 Å². The van der Waals surface area contributed by atoms with Gasteiger partial charge in [-0.3, -0.25) is 19.3 Å². The number of hydrogen-bond donors (Lipinski definition) is 1. The number of halogens is 1. The molecule has 1 N–H and O–H groups in total. The molecule has 0 saturated carbocycles.